The van der Waals surface area contributed by atoms with E-state index in [1.165, 1.54) is 0 Å². The van der Waals surface area contributed by atoms with Crippen molar-refractivity contribution in [1.29, 1.82) is 0 Å². The molecule has 35 heavy (non-hydrogen) atoms. The van der Waals surface area contributed by atoms with Crippen molar-refractivity contribution in [2.24, 2.45) is 4.99 Å². The third kappa shape index (κ3) is 6.45. The van der Waals surface area contributed by atoms with Gasteiger partial charge in [-0.15, -0.1) is 5.10 Å². The number of aromatic nitrogens is 6. The Kier molecular flexibility index (Phi) is 7.74. The third-order valence-electron chi connectivity index (χ3n) is 4.63. The maximum absolute atomic E-state index is 12.1. The summed E-state index contributed by atoms with van der Waals surface area (Å²) >= 11 is 3.43. The van der Waals surface area contributed by atoms with Crippen molar-refractivity contribution >= 4 is 39.2 Å². The van der Waals surface area contributed by atoms with E-state index in [9.17, 15) is 10.0 Å². The van der Waals surface area contributed by atoms with E-state index in [1.807, 2.05) is 24.5 Å². The molecule has 0 aliphatic heterocycles. The highest BCUT2D eigenvalue weighted by Gasteiger charge is 2.17. The lowest BCUT2D eigenvalue weighted by Gasteiger charge is -2.06. The monoisotopic (exact) mass is 540 g/mol. The Morgan fingerprint density at radius 3 is 2.91 bits per heavy atom. The minimum absolute atomic E-state index is 0.0675. The Morgan fingerprint density at radius 1 is 1.26 bits per heavy atom. The molecule has 4 rings (SSSR count). The molecule has 3 aromatic heterocycles. The molecule has 0 radical (unpaired) electrons. The fraction of sp³-hybridized carbons (Fsp3) is 0.190. The van der Waals surface area contributed by atoms with Gasteiger partial charge in [-0.1, -0.05) is 27.2 Å². The number of hydrogen-bond acceptors (Lipinski definition) is 10. The number of nitrogens with one attached hydrogen (secondary N) is 3. The molecule has 0 atom stereocenters. The summed E-state index contributed by atoms with van der Waals surface area (Å²) in [6.07, 6.45) is 3.28. The molecule has 13 nitrogen and oxygen atoms in total. The van der Waals surface area contributed by atoms with Gasteiger partial charge in [-0.05, 0) is 53.1 Å². The molecule has 1 amide bonds. The topological polar surface area (TPSA) is 168 Å². The van der Waals surface area contributed by atoms with Crippen LogP contribution in [0.2, 0.25) is 0 Å². The summed E-state index contributed by atoms with van der Waals surface area (Å²) in [5.74, 6) is 0.0683. The predicted octanol–water partition coefficient (Wildman–Crippen LogP) is 2.23. The first-order valence-electron chi connectivity index (χ1n) is 10.4. The number of amides is 1. The van der Waals surface area contributed by atoms with Crippen molar-refractivity contribution < 1.29 is 14.6 Å². The average Bonchev–Trinajstić information content (AvgIpc) is 3.51. The van der Waals surface area contributed by atoms with Gasteiger partial charge in [0, 0.05) is 17.2 Å². The fourth-order valence-corrected chi connectivity index (χ4v) is 3.67. The number of halogens is 1. The molecule has 4 N–H and O–H groups in total. The number of aliphatic imine (C=N–C) groups is 1. The molecule has 0 saturated heterocycles. The highest BCUT2D eigenvalue weighted by molar-refractivity contribution is 9.10. The van der Waals surface area contributed by atoms with E-state index in [1.54, 1.807) is 41.3 Å². The first-order valence-corrected chi connectivity index (χ1v) is 11.2. The van der Waals surface area contributed by atoms with Crippen LogP contribution in [0, 0.1) is 6.92 Å². The first-order chi connectivity index (χ1) is 17.0. The zero-order valence-corrected chi connectivity index (χ0v) is 20.1. The van der Waals surface area contributed by atoms with E-state index in [0.717, 1.165) is 10.0 Å². The number of anilines is 1. The van der Waals surface area contributed by atoms with Crippen LogP contribution in [-0.2, 0) is 13.1 Å². The normalized spacial score (nSPS) is 11.3. The number of hydroxylamine groups is 1. The van der Waals surface area contributed by atoms with Crippen molar-refractivity contribution in [1.82, 2.24) is 41.1 Å². The Hall–Kier alpha value is -4.17. The summed E-state index contributed by atoms with van der Waals surface area (Å²) in [4.78, 5) is 20.5. The largest absolute Gasteiger partial charge is 0.363 e. The van der Waals surface area contributed by atoms with Gasteiger partial charge in [0.15, 0.2) is 11.5 Å². The van der Waals surface area contributed by atoms with Gasteiger partial charge in [-0.3, -0.25) is 25.1 Å². The quantitative estimate of drug-likeness (QED) is 0.140. The molecule has 0 bridgehead atoms. The summed E-state index contributed by atoms with van der Waals surface area (Å²) in [5.41, 5.74) is 4.78. The SMILES string of the molecule is Cc1cc(Br)cc(N=C(NO)c2nonc2NCCn2cc(CNC(=O)c3ccccn3)nn2)c1. The summed E-state index contributed by atoms with van der Waals surface area (Å²) < 4.78 is 7.30. The molecule has 3 heterocycles. The van der Waals surface area contributed by atoms with Crippen LogP contribution in [0.4, 0.5) is 11.5 Å². The highest BCUT2D eigenvalue weighted by atomic mass is 79.9. The van der Waals surface area contributed by atoms with E-state index in [-0.39, 0.29) is 24.0 Å². The molecule has 4 aromatic rings. The van der Waals surface area contributed by atoms with E-state index in [4.69, 9.17) is 4.63 Å². The summed E-state index contributed by atoms with van der Waals surface area (Å²) in [7, 11) is 0. The van der Waals surface area contributed by atoms with Crippen molar-refractivity contribution in [3.8, 4) is 0 Å². The summed E-state index contributed by atoms with van der Waals surface area (Å²) in [5, 5.41) is 31.2. The van der Waals surface area contributed by atoms with Crippen LogP contribution in [0.15, 0.2) is 62.9 Å². The number of benzene rings is 1. The Morgan fingerprint density at radius 2 is 2.14 bits per heavy atom. The van der Waals surface area contributed by atoms with E-state index in [0.29, 0.717) is 36.0 Å². The Labute approximate surface area is 207 Å². The molecule has 0 spiro atoms. The van der Waals surface area contributed by atoms with Crippen LogP contribution < -0.4 is 16.1 Å². The molecule has 0 aliphatic rings. The van der Waals surface area contributed by atoms with Gasteiger partial charge in [0.1, 0.15) is 11.4 Å². The number of carbonyl (C=O) groups excluding carboxylic acids is 1. The van der Waals surface area contributed by atoms with Crippen LogP contribution >= 0.6 is 15.9 Å². The number of pyridine rings is 1. The van der Waals surface area contributed by atoms with Gasteiger partial charge in [-0.2, -0.15) is 0 Å². The molecule has 0 unspecified atom stereocenters. The van der Waals surface area contributed by atoms with Crippen molar-refractivity contribution in [3.05, 3.63) is 75.9 Å². The van der Waals surface area contributed by atoms with E-state index in [2.05, 4.69) is 57.2 Å². The number of amidine groups is 1. The minimum atomic E-state index is -0.291. The maximum Gasteiger partial charge on any atom is 0.270 e. The van der Waals surface area contributed by atoms with E-state index >= 15 is 0 Å². The standard InChI is InChI=1S/C21H21BrN10O3/c1-13-8-14(22)10-15(9-13)26-20(28-34)18-19(30-35-29-18)24-6-7-32-12-16(27-31-32)11-25-21(33)17-4-2-3-5-23-17/h2-5,8-10,12,34H,6-7,11H2,1H3,(H,24,30)(H,25,33)(H,26,28). The number of aryl methyl sites for hydroxylation is 1. The second-order valence-corrected chi connectivity index (χ2v) is 8.23. The number of nitrogens with zero attached hydrogens (tertiary/aromatic N) is 7. The lowest BCUT2D eigenvalue weighted by atomic mass is 10.2. The van der Waals surface area contributed by atoms with Crippen molar-refractivity contribution in [2.75, 3.05) is 11.9 Å². The lowest BCUT2D eigenvalue weighted by Crippen LogP contribution is -2.23. The third-order valence-corrected chi connectivity index (χ3v) is 5.09. The molecule has 180 valence electrons. The molecular weight excluding hydrogens is 520 g/mol. The van der Waals surface area contributed by atoms with E-state index < -0.39 is 0 Å². The number of hydrogen-bond donors (Lipinski definition) is 4. The predicted molar refractivity (Wildman–Crippen MR) is 128 cm³/mol. The van der Waals surface area contributed by atoms with Crippen molar-refractivity contribution in [3.63, 3.8) is 0 Å². The zero-order valence-electron chi connectivity index (χ0n) is 18.5. The maximum atomic E-state index is 12.1. The lowest BCUT2D eigenvalue weighted by molar-refractivity contribution is 0.0945. The molecule has 14 heteroatoms. The van der Waals surface area contributed by atoms with Crippen LogP contribution in [0.25, 0.3) is 0 Å². The smallest absolute Gasteiger partial charge is 0.270 e. The Balaban J connectivity index is 1.33. The van der Waals surface area contributed by atoms with Crippen LogP contribution in [-0.4, -0.2) is 53.8 Å². The molecule has 1 aromatic carbocycles. The van der Waals surface area contributed by atoms with Crippen molar-refractivity contribution in [2.45, 2.75) is 20.0 Å². The van der Waals surface area contributed by atoms with Gasteiger partial charge < -0.3 is 10.6 Å². The van der Waals surface area contributed by atoms with Gasteiger partial charge >= 0.3 is 0 Å². The molecule has 0 saturated carbocycles. The molecular formula is C21H21BrN10O3. The number of rotatable bonds is 9. The first kappa shape index (κ1) is 24.0. The highest BCUT2D eigenvalue weighted by Crippen LogP contribution is 2.22. The minimum Gasteiger partial charge on any atom is -0.363 e. The van der Waals surface area contributed by atoms with Gasteiger partial charge in [0.05, 0.1) is 25.0 Å². The fourth-order valence-electron chi connectivity index (χ4n) is 3.08. The Bertz CT molecular complexity index is 1300. The second kappa shape index (κ2) is 11.3. The van der Waals surface area contributed by atoms with Crippen LogP contribution in [0.5, 0.6) is 0 Å². The second-order valence-electron chi connectivity index (χ2n) is 7.32. The summed E-state index contributed by atoms with van der Waals surface area (Å²) in [6.45, 7) is 3.00. The molecule has 0 fully saturated rings. The average molecular weight is 541 g/mol. The molecule has 0 aliphatic carbocycles. The summed E-state index contributed by atoms with van der Waals surface area (Å²) in [6, 6.07) is 10.7. The van der Waals surface area contributed by atoms with Crippen LogP contribution in [0.3, 0.4) is 0 Å². The number of carbonyl (C=O) groups is 1. The zero-order chi connectivity index (χ0) is 24.6. The van der Waals surface area contributed by atoms with Gasteiger partial charge in [-0.25, -0.2) is 9.62 Å². The van der Waals surface area contributed by atoms with Crippen LogP contribution in [0.1, 0.15) is 27.4 Å². The van der Waals surface area contributed by atoms with Gasteiger partial charge in [0.2, 0.25) is 5.82 Å². The van der Waals surface area contributed by atoms with Gasteiger partial charge in [0.25, 0.3) is 5.91 Å².